The lowest BCUT2D eigenvalue weighted by Crippen LogP contribution is -2.13. The minimum Gasteiger partial charge on any atom is -0.320 e. The van der Waals surface area contributed by atoms with Gasteiger partial charge >= 0.3 is 6.18 Å². The number of alkyl halides is 3. The second kappa shape index (κ2) is 8.02. The van der Waals surface area contributed by atoms with Crippen molar-refractivity contribution < 1.29 is 18.0 Å². The van der Waals surface area contributed by atoms with Crippen LogP contribution in [0.5, 0.6) is 0 Å². The van der Waals surface area contributed by atoms with E-state index in [1.54, 1.807) is 30.5 Å². The molecule has 27 heavy (non-hydrogen) atoms. The molecule has 1 N–H and O–H groups in total. The third-order valence-corrected chi connectivity index (χ3v) is 4.80. The van der Waals surface area contributed by atoms with E-state index >= 15 is 0 Å². The van der Waals surface area contributed by atoms with E-state index in [0.29, 0.717) is 15.7 Å². The number of nitrogens with one attached hydrogen (secondary N) is 1. The quantitative estimate of drug-likeness (QED) is 0.562. The topological polar surface area (TPSA) is 42.0 Å². The first-order chi connectivity index (χ1) is 12.8. The maximum atomic E-state index is 12.6. The number of pyridine rings is 1. The molecule has 2 aromatic carbocycles. The Kier molecular flexibility index (Phi) is 5.72. The molecule has 3 nitrogen and oxygen atoms in total. The fraction of sp³-hybridized carbons (Fsp3) is 0.0526. The summed E-state index contributed by atoms with van der Waals surface area (Å²) in [5, 5.41) is 3.85. The van der Waals surface area contributed by atoms with Gasteiger partial charge in [-0.3, -0.25) is 4.79 Å². The van der Waals surface area contributed by atoms with E-state index in [-0.39, 0.29) is 5.56 Å². The third-order valence-electron chi connectivity index (χ3n) is 3.52. The lowest BCUT2D eigenvalue weighted by atomic mass is 10.1. The first-order valence-electron chi connectivity index (χ1n) is 7.70. The van der Waals surface area contributed by atoms with E-state index in [9.17, 15) is 18.0 Å². The zero-order valence-electron chi connectivity index (χ0n) is 13.6. The van der Waals surface area contributed by atoms with Crippen molar-refractivity contribution in [2.75, 3.05) is 5.32 Å². The van der Waals surface area contributed by atoms with Gasteiger partial charge in [0, 0.05) is 21.7 Å². The molecule has 0 aliphatic carbocycles. The number of carbonyl (C=O) groups excluding carboxylic acids is 1. The highest BCUT2D eigenvalue weighted by molar-refractivity contribution is 7.99. The SMILES string of the molecule is O=C(Nc1cccnc1Sc1ccc(Cl)cc1)c1ccc(C(F)(F)F)cc1. The molecule has 0 spiro atoms. The maximum Gasteiger partial charge on any atom is 0.416 e. The Morgan fingerprint density at radius 3 is 2.30 bits per heavy atom. The van der Waals surface area contributed by atoms with Crippen LogP contribution < -0.4 is 5.32 Å². The first kappa shape index (κ1) is 19.3. The number of hydrogen-bond donors (Lipinski definition) is 1. The number of hydrogen-bond acceptors (Lipinski definition) is 3. The van der Waals surface area contributed by atoms with Crippen LogP contribution in [0.15, 0.2) is 76.8 Å². The summed E-state index contributed by atoms with van der Waals surface area (Å²) in [5.41, 5.74) is -0.226. The molecule has 0 saturated carbocycles. The molecular formula is C19H12ClF3N2OS. The number of benzene rings is 2. The van der Waals surface area contributed by atoms with Gasteiger partial charge in [0.15, 0.2) is 0 Å². The maximum absolute atomic E-state index is 12.6. The number of aromatic nitrogens is 1. The van der Waals surface area contributed by atoms with E-state index in [2.05, 4.69) is 10.3 Å². The van der Waals surface area contributed by atoms with Crippen LogP contribution in [-0.2, 0) is 6.18 Å². The van der Waals surface area contributed by atoms with E-state index in [4.69, 9.17) is 11.6 Å². The molecule has 8 heteroatoms. The lowest BCUT2D eigenvalue weighted by molar-refractivity contribution is -0.137. The summed E-state index contributed by atoms with van der Waals surface area (Å²) in [7, 11) is 0. The van der Waals surface area contributed by atoms with E-state index in [0.717, 1.165) is 29.2 Å². The van der Waals surface area contributed by atoms with Gasteiger partial charge in [-0.25, -0.2) is 4.98 Å². The zero-order chi connectivity index (χ0) is 19.4. The molecule has 3 rings (SSSR count). The van der Waals surface area contributed by atoms with Gasteiger partial charge in [0.2, 0.25) is 0 Å². The molecule has 0 aliphatic heterocycles. The fourth-order valence-corrected chi connectivity index (χ4v) is 3.15. The molecular weight excluding hydrogens is 397 g/mol. The second-order valence-electron chi connectivity index (χ2n) is 5.44. The largest absolute Gasteiger partial charge is 0.416 e. The Balaban J connectivity index is 1.77. The Labute approximate surface area is 162 Å². The molecule has 0 atom stereocenters. The van der Waals surface area contributed by atoms with Crippen molar-refractivity contribution in [1.29, 1.82) is 0 Å². The number of halogens is 4. The van der Waals surface area contributed by atoms with Crippen molar-refractivity contribution in [2.45, 2.75) is 16.1 Å². The van der Waals surface area contributed by atoms with E-state index in [1.807, 2.05) is 12.1 Å². The highest BCUT2D eigenvalue weighted by Crippen LogP contribution is 2.33. The fourth-order valence-electron chi connectivity index (χ4n) is 2.19. The summed E-state index contributed by atoms with van der Waals surface area (Å²) in [6, 6.07) is 14.5. The van der Waals surface area contributed by atoms with Crippen LogP contribution in [0.2, 0.25) is 5.02 Å². The third kappa shape index (κ3) is 5.02. The van der Waals surface area contributed by atoms with Gasteiger partial charge in [-0.1, -0.05) is 23.4 Å². The van der Waals surface area contributed by atoms with Gasteiger partial charge in [-0.15, -0.1) is 0 Å². The van der Waals surface area contributed by atoms with Crippen LogP contribution in [0.25, 0.3) is 0 Å². The minimum atomic E-state index is -4.44. The second-order valence-corrected chi connectivity index (χ2v) is 6.94. The molecule has 0 radical (unpaired) electrons. The smallest absolute Gasteiger partial charge is 0.320 e. The highest BCUT2D eigenvalue weighted by atomic mass is 35.5. The number of anilines is 1. The average molecular weight is 409 g/mol. The predicted molar refractivity (Wildman–Crippen MR) is 99.2 cm³/mol. The van der Waals surface area contributed by atoms with Crippen LogP contribution in [0.3, 0.4) is 0 Å². The molecule has 0 saturated heterocycles. The number of rotatable bonds is 4. The summed E-state index contributed by atoms with van der Waals surface area (Å²) in [6.07, 6.45) is -2.85. The lowest BCUT2D eigenvalue weighted by Gasteiger charge is -2.11. The van der Waals surface area contributed by atoms with Crippen molar-refractivity contribution in [3.05, 3.63) is 83.0 Å². The molecule has 0 bridgehead atoms. The predicted octanol–water partition coefficient (Wildman–Crippen LogP) is 6.16. The van der Waals surface area contributed by atoms with Crippen LogP contribution in [-0.4, -0.2) is 10.9 Å². The Bertz CT molecular complexity index is 944. The summed E-state index contributed by atoms with van der Waals surface area (Å²) in [4.78, 5) is 17.5. The molecule has 1 amide bonds. The van der Waals surface area contributed by atoms with Crippen molar-refractivity contribution in [2.24, 2.45) is 0 Å². The van der Waals surface area contributed by atoms with Gasteiger partial charge in [-0.05, 0) is 60.7 Å². The summed E-state index contributed by atoms with van der Waals surface area (Å²) < 4.78 is 37.9. The Morgan fingerprint density at radius 1 is 1.00 bits per heavy atom. The number of carbonyl (C=O) groups is 1. The van der Waals surface area contributed by atoms with Gasteiger partial charge < -0.3 is 5.32 Å². The number of nitrogens with zero attached hydrogens (tertiary/aromatic N) is 1. The highest BCUT2D eigenvalue weighted by Gasteiger charge is 2.30. The van der Waals surface area contributed by atoms with Crippen molar-refractivity contribution in [3.8, 4) is 0 Å². The van der Waals surface area contributed by atoms with Crippen LogP contribution in [0.4, 0.5) is 18.9 Å². The Morgan fingerprint density at radius 2 is 1.67 bits per heavy atom. The normalized spacial score (nSPS) is 11.3. The van der Waals surface area contributed by atoms with Gasteiger partial charge in [0.25, 0.3) is 5.91 Å². The molecule has 3 aromatic rings. The van der Waals surface area contributed by atoms with Gasteiger partial charge in [0.1, 0.15) is 5.03 Å². The molecule has 0 unspecified atom stereocenters. The molecule has 0 fully saturated rings. The molecule has 1 aromatic heterocycles. The van der Waals surface area contributed by atoms with Crippen LogP contribution in [0, 0.1) is 0 Å². The summed E-state index contributed by atoms with van der Waals surface area (Å²) >= 11 is 7.20. The summed E-state index contributed by atoms with van der Waals surface area (Å²) in [5.74, 6) is -0.519. The molecule has 1 heterocycles. The standard InChI is InChI=1S/C19H12ClF3N2OS/c20-14-7-9-15(10-8-14)27-18-16(2-1-11-24-18)25-17(26)12-3-5-13(6-4-12)19(21,22)23/h1-11H,(H,25,26). The van der Waals surface area contributed by atoms with Crippen molar-refractivity contribution >= 4 is 35.0 Å². The summed E-state index contributed by atoms with van der Waals surface area (Å²) in [6.45, 7) is 0. The van der Waals surface area contributed by atoms with Crippen molar-refractivity contribution in [1.82, 2.24) is 4.98 Å². The van der Waals surface area contributed by atoms with Crippen LogP contribution >= 0.6 is 23.4 Å². The number of amides is 1. The van der Waals surface area contributed by atoms with Crippen LogP contribution in [0.1, 0.15) is 15.9 Å². The molecule has 0 aliphatic rings. The average Bonchev–Trinajstić information content (AvgIpc) is 2.64. The first-order valence-corrected chi connectivity index (χ1v) is 8.89. The van der Waals surface area contributed by atoms with Crippen molar-refractivity contribution in [3.63, 3.8) is 0 Å². The zero-order valence-corrected chi connectivity index (χ0v) is 15.2. The van der Waals surface area contributed by atoms with Gasteiger partial charge in [-0.2, -0.15) is 13.2 Å². The minimum absolute atomic E-state index is 0.120. The van der Waals surface area contributed by atoms with E-state index < -0.39 is 17.6 Å². The van der Waals surface area contributed by atoms with Gasteiger partial charge in [0.05, 0.1) is 11.3 Å². The Hall–Kier alpha value is -2.51. The van der Waals surface area contributed by atoms with E-state index in [1.165, 1.54) is 11.8 Å². The monoisotopic (exact) mass is 408 g/mol. The molecule has 138 valence electrons.